The molecule has 0 rings (SSSR count). The maximum absolute atomic E-state index is 7.90. The highest BCUT2D eigenvalue weighted by molar-refractivity contribution is 4.53. The minimum absolute atomic E-state index is 0.403. The Kier molecular flexibility index (Phi) is 8.85. The first-order chi connectivity index (χ1) is 4.47. The fourth-order valence-corrected chi connectivity index (χ4v) is 0. The third kappa shape index (κ3) is 24.7. The van der Waals surface area contributed by atoms with E-state index in [4.69, 9.17) is 5.26 Å². The third-order valence-corrected chi connectivity index (χ3v) is 0.774. The van der Waals surface area contributed by atoms with Crippen LogP contribution < -0.4 is 0 Å². The van der Waals surface area contributed by atoms with E-state index in [0.717, 1.165) is 0 Å². The zero-order valence-electron chi connectivity index (χ0n) is 7.77. The van der Waals surface area contributed by atoms with Crippen LogP contribution in [-0.4, -0.2) is 10.9 Å². The molecule has 10 heavy (non-hydrogen) atoms. The molecule has 0 aliphatic heterocycles. The quantitative estimate of drug-likeness (QED) is 0.457. The van der Waals surface area contributed by atoms with E-state index in [1.807, 2.05) is 0 Å². The smallest absolute Gasteiger partial charge is 0.0949 e. The van der Waals surface area contributed by atoms with Crippen molar-refractivity contribution in [3.8, 4) is 0 Å². The van der Waals surface area contributed by atoms with Gasteiger partial charge in [-0.15, -0.1) is 0 Å². The van der Waals surface area contributed by atoms with Crippen molar-refractivity contribution in [1.29, 1.82) is 0 Å². The highest BCUT2D eigenvalue weighted by Gasteiger charge is 2.06. The average Bonchev–Trinajstić information content (AvgIpc) is 1.87. The molecule has 0 saturated heterocycles. The second-order valence-electron chi connectivity index (χ2n) is 3.20. The SMILES string of the molecule is CC(C)(C)OO.CCCC. The van der Waals surface area contributed by atoms with Crippen LogP contribution in [0.5, 0.6) is 0 Å². The van der Waals surface area contributed by atoms with E-state index in [1.54, 1.807) is 20.8 Å². The minimum atomic E-state index is -0.403. The van der Waals surface area contributed by atoms with Gasteiger partial charge >= 0.3 is 0 Å². The summed E-state index contributed by atoms with van der Waals surface area (Å²) < 4.78 is 0. The largest absolute Gasteiger partial charge is 0.251 e. The van der Waals surface area contributed by atoms with Gasteiger partial charge in [0.15, 0.2) is 0 Å². The van der Waals surface area contributed by atoms with Crippen LogP contribution in [0, 0.1) is 0 Å². The number of unbranched alkanes of at least 4 members (excludes halogenated alkanes) is 1. The Morgan fingerprint density at radius 3 is 1.30 bits per heavy atom. The van der Waals surface area contributed by atoms with E-state index in [1.165, 1.54) is 12.8 Å². The van der Waals surface area contributed by atoms with Gasteiger partial charge in [-0.3, -0.25) is 5.26 Å². The van der Waals surface area contributed by atoms with Crippen molar-refractivity contribution in [2.75, 3.05) is 0 Å². The average molecular weight is 148 g/mol. The summed E-state index contributed by atoms with van der Waals surface area (Å²) in [7, 11) is 0. The number of hydrogen-bond donors (Lipinski definition) is 1. The van der Waals surface area contributed by atoms with Crippen molar-refractivity contribution in [3.05, 3.63) is 0 Å². The predicted octanol–water partition coefficient (Wildman–Crippen LogP) is 3.08. The van der Waals surface area contributed by atoms with Gasteiger partial charge in [-0.1, -0.05) is 26.7 Å². The standard InChI is InChI=1S/C4H10O2.C4H10/c1-4(2,3)6-5;1-3-4-2/h5H,1-3H3;3-4H2,1-2H3. The molecule has 0 radical (unpaired) electrons. The summed E-state index contributed by atoms with van der Waals surface area (Å²) in [6, 6.07) is 0. The molecule has 0 aliphatic carbocycles. The van der Waals surface area contributed by atoms with Gasteiger partial charge in [0.1, 0.15) is 0 Å². The van der Waals surface area contributed by atoms with Crippen LogP contribution in [0.3, 0.4) is 0 Å². The van der Waals surface area contributed by atoms with Crippen LogP contribution in [0.15, 0.2) is 0 Å². The first-order valence-corrected chi connectivity index (χ1v) is 3.80. The molecule has 0 aromatic carbocycles. The van der Waals surface area contributed by atoms with Crippen LogP contribution in [0.1, 0.15) is 47.5 Å². The molecular weight excluding hydrogens is 128 g/mol. The molecule has 0 atom stereocenters. The Balaban J connectivity index is 0. The van der Waals surface area contributed by atoms with E-state index in [2.05, 4.69) is 18.7 Å². The Labute approximate surface area is 64.1 Å². The van der Waals surface area contributed by atoms with E-state index in [-0.39, 0.29) is 0 Å². The zero-order chi connectivity index (χ0) is 8.62. The Morgan fingerprint density at radius 2 is 1.30 bits per heavy atom. The lowest BCUT2D eigenvalue weighted by atomic mass is 10.2. The molecule has 0 aliphatic rings. The van der Waals surface area contributed by atoms with Gasteiger partial charge in [-0.25, -0.2) is 4.89 Å². The maximum Gasteiger partial charge on any atom is 0.0949 e. The molecule has 0 aromatic rings. The lowest BCUT2D eigenvalue weighted by Crippen LogP contribution is -2.15. The Hall–Kier alpha value is -0.0800. The summed E-state index contributed by atoms with van der Waals surface area (Å²) in [5, 5.41) is 7.90. The van der Waals surface area contributed by atoms with Gasteiger partial charge in [0, 0.05) is 0 Å². The van der Waals surface area contributed by atoms with Gasteiger partial charge < -0.3 is 0 Å². The van der Waals surface area contributed by atoms with E-state index >= 15 is 0 Å². The van der Waals surface area contributed by atoms with Gasteiger partial charge in [0.2, 0.25) is 0 Å². The van der Waals surface area contributed by atoms with Crippen molar-refractivity contribution < 1.29 is 10.1 Å². The van der Waals surface area contributed by atoms with Crippen LogP contribution in [0.2, 0.25) is 0 Å². The van der Waals surface area contributed by atoms with Crippen LogP contribution in [0.25, 0.3) is 0 Å². The maximum atomic E-state index is 7.90. The van der Waals surface area contributed by atoms with E-state index in [9.17, 15) is 0 Å². The molecule has 0 heterocycles. The van der Waals surface area contributed by atoms with Crippen molar-refractivity contribution in [2.24, 2.45) is 0 Å². The highest BCUT2D eigenvalue weighted by atomic mass is 17.1. The van der Waals surface area contributed by atoms with E-state index in [0.29, 0.717) is 0 Å². The summed E-state index contributed by atoms with van der Waals surface area (Å²) in [4.78, 5) is 3.94. The topological polar surface area (TPSA) is 29.5 Å². The monoisotopic (exact) mass is 148 g/mol. The summed E-state index contributed by atoms with van der Waals surface area (Å²) in [6.07, 6.45) is 2.64. The molecule has 0 amide bonds. The predicted molar refractivity (Wildman–Crippen MR) is 44.0 cm³/mol. The summed E-state index contributed by atoms with van der Waals surface area (Å²) in [5.41, 5.74) is -0.403. The lowest BCUT2D eigenvalue weighted by Gasteiger charge is -2.10. The van der Waals surface area contributed by atoms with Crippen molar-refractivity contribution >= 4 is 0 Å². The lowest BCUT2D eigenvalue weighted by molar-refractivity contribution is -0.306. The fourth-order valence-electron chi connectivity index (χ4n) is 0. The normalized spacial score (nSPS) is 10.2. The van der Waals surface area contributed by atoms with Gasteiger partial charge in [0.25, 0.3) is 0 Å². The van der Waals surface area contributed by atoms with E-state index < -0.39 is 5.60 Å². The molecule has 0 aromatic heterocycles. The van der Waals surface area contributed by atoms with Crippen LogP contribution >= 0.6 is 0 Å². The van der Waals surface area contributed by atoms with Gasteiger partial charge in [-0.2, -0.15) is 0 Å². The molecule has 2 heteroatoms. The molecule has 0 unspecified atom stereocenters. The molecule has 0 bridgehead atoms. The van der Waals surface area contributed by atoms with Crippen molar-refractivity contribution in [2.45, 2.75) is 53.1 Å². The summed E-state index contributed by atoms with van der Waals surface area (Å²) in [5.74, 6) is 0. The molecule has 2 nitrogen and oxygen atoms in total. The molecular formula is C8H20O2. The zero-order valence-corrected chi connectivity index (χ0v) is 7.77. The summed E-state index contributed by atoms with van der Waals surface area (Å²) in [6.45, 7) is 9.67. The molecule has 1 N–H and O–H groups in total. The first kappa shape index (κ1) is 12.6. The first-order valence-electron chi connectivity index (χ1n) is 3.80. The van der Waals surface area contributed by atoms with Gasteiger partial charge in [0.05, 0.1) is 5.60 Å². The minimum Gasteiger partial charge on any atom is -0.251 e. The number of rotatable bonds is 1. The van der Waals surface area contributed by atoms with Crippen molar-refractivity contribution in [1.82, 2.24) is 0 Å². The second-order valence-corrected chi connectivity index (χ2v) is 3.20. The second kappa shape index (κ2) is 7.03. The molecule has 0 fully saturated rings. The van der Waals surface area contributed by atoms with Crippen LogP contribution in [0.4, 0.5) is 0 Å². The Bertz CT molecular complexity index is 52.8. The highest BCUT2D eigenvalue weighted by Crippen LogP contribution is 2.01. The molecule has 64 valence electrons. The van der Waals surface area contributed by atoms with Gasteiger partial charge in [-0.05, 0) is 20.8 Å². The molecule has 0 saturated carbocycles. The molecule has 0 spiro atoms. The fraction of sp³-hybridized carbons (Fsp3) is 1.00. The van der Waals surface area contributed by atoms with Crippen molar-refractivity contribution in [3.63, 3.8) is 0 Å². The summed E-state index contributed by atoms with van der Waals surface area (Å²) >= 11 is 0. The third-order valence-electron chi connectivity index (χ3n) is 0.774. The Morgan fingerprint density at radius 1 is 1.10 bits per heavy atom. The van der Waals surface area contributed by atoms with Crippen LogP contribution in [-0.2, 0) is 4.89 Å². The number of hydrogen-bond acceptors (Lipinski definition) is 2.